The fourth-order valence-electron chi connectivity index (χ4n) is 2.70. The van der Waals surface area contributed by atoms with Crippen LogP contribution in [-0.4, -0.2) is 28.2 Å². The minimum absolute atomic E-state index is 0.125. The standard InChI is InChI=1S/C17H16N6O6S/c1-9-6-13(16(24)14(7-9)23(26)27)19-20-15-10(2)21-22(17(15)25)11-4-3-5-12(8-11)30(18,28)29/h3-8,21,24H,1-2H3,(H2,18,28,29). The van der Waals surface area contributed by atoms with Crippen LogP contribution in [0.1, 0.15) is 11.3 Å². The minimum Gasteiger partial charge on any atom is -0.501 e. The molecular formula is C17H16N6O6S. The molecule has 12 nitrogen and oxygen atoms in total. The average molecular weight is 432 g/mol. The number of azo groups is 1. The van der Waals surface area contributed by atoms with E-state index in [1.165, 1.54) is 43.3 Å². The van der Waals surface area contributed by atoms with Crippen LogP contribution in [0.3, 0.4) is 0 Å². The zero-order valence-electron chi connectivity index (χ0n) is 15.7. The molecule has 156 valence electrons. The van der Waals surface area contributed by atoms with Crippen LogP contribution in [0.15, 0.2) is 56.3 Å². The summed E-state index contributed by atoms with van der Waals surface area (Å²) in [6.07, 6.45) is 0. The summed E-state index contributed by atoms with van der Waals surface area (Å²) in [6.45, 7) is 3.12. The highest BCUT2D eigenvalue weighted by atomic mass is 32.2. The van der Waals surface area contributed by atoms with Gasteiger partial charge in [0.1, 0.15) is 5.69 Å². The second-order valence-electron chi connectivity index (χ2n) is 6.38. The van der Waals surface area contributed by atoms with Crippen LogP contribution in [-0.2, 0) is 10.0 Å². The van der Waals surface area contributed by atoms with Crippen LogP contribution in [0.4, 0.5) is 17.1 Å². The summed E-state index contributed by atoms with van der Waals surface area (Å²) < 4.78 is 24.1. The van der Waals surface area contributed by atoms with E-state index in [-0.39, 0.29) is 22.0 Å². The van der Waals surface area contributed by atoms with Gasteiger partial charge in [0.2, 0.25) is 15.8 Å². The molecular weight excluding hydrogens is 416 g/mol. The van der Waals surface area contributed by atoms with Gasteiger partial charge in [-0.3, -0.25) is 20.0 Å². The smallest absolute Gasteiger partial charge is 0.313 e. The molecule has 0 aliphatic heterocycles. The lowest BCUT2D eigenvalue weighted by Crippen LogP contribution is -2.16. The lowest BCUT2D eigenvalue weighted by Gasteiger charge is -2.03. The van der Waals surface area contributed by atoms with Crippen molar-refractivity contribution in [1.29, 1.82) is 0 Å². The molecule has 0 saturated carbocycles. The number of hydrogen-bond acceptors (Lipinski definition) is 8. The van der Waals surface area contributed by atoms with Crippen molar-refractivity contribution in [2.75, 3.05) is 0 Å². The first-order valence-electron chi connectivity index (χ1n) is 8.33. The number of H-pyrrole nitrogens is 1. The Balaban J connectivity index is 2.07. The first-order chi connectivity index (χ1) is 14.0. The fourth-order valence-corrected chi connectivity index (χ4v) is 3.25. The predicted molar refractivity (Wildman–Crippen MR) is 106 cm³/mol. The Morgan fingerprint density at radius 2 is 1.90 bits per heavy atom. The van der Waals surface area contributed by atoms with Gasteiger partial charge in [0.25, 0.3) is 5.56 Å². The van der Waals surface area contributed by atoms with Crippen LogP contribution in [0.25, 0.3) is 5.69 Å². The Morgan fingerprint density at radius 1 is 1.20 bits per heavy atom. The van der Waals surface area contributed by atoms with Crippen LogP contribution in [0.5, 0.6) is 5.75 Å². The van der Waals surface area contributed by atoms with E-state index in [1.54, 1.807) is 6.92 Å². The molecule has 0 aliphatic carbocycles. The lowest BCUT2D eigenvalue weighted by molar-refractivity contribution is -0.385. The molecule has 30 heavy (non-hydrogen) atoms. The number of primary sulfonamides is 1. The van der Waals surface area contributed by atoms with E-state index < -0.39 is 31.9 Å². The third-order valence-corrected chi connectivity index (χ3v) is 5.02. The number of benzene rings is 2. The molecule has 0 saturated heterocycles. The van der Waals surface area contributed by atoms with Gasteiger partial charge in [0.15, 0.2) is 5.69 Å². The number of aromatic hydroxyl groups is 1. The van der Waals surface area contributed by atoms with Crippen molar-refractivity contribution in [3.63, 3.8) is 0 Å². The molecule has 0 atom stereocenters. The summed E-state index contributed by atoms with van der Waals surface area (Å²) in [6, 6.07) is 7.96. The number of nitrogens with zero attached hydrogens (tertiary/aromatic N) is 4. The molecule has 3 rings (SSSR count). The maximum absolute atomic E-state index is 12.7. The van der Waals surface area contributed by atoms with Gasteiger partial charge in [-0.15, -0.1) is 10.2 Å². The maximum Gasteiger partial charge on any atom is 0.313 e. The molecule has 3 aromatic rings. The molecule has 13 heteroatoms. The first-order valence-corrected chi connectivity index (χ1v) is 9.88. The number of sulfonamides is 1. The number of phenolic OH excluding ortho intramolecular Hbond substituents is 1. The van der Waals surface area contributed by atoms with Crippen molar-refractivity contribution in [2.45, 2.75) is 18.7 Å². The number of aryl methyl sites for hydroxylation is 2. The summed E-state index contributed by atoms with van der Waals surface area (Å²) in [4.78, 5) is 22.8. The van der Waals surface area contributed by atoms with Crippen molar-refractivity contribution >= 4 is 27.1 Å². The second-order valence-corrected chi connectivity index (χ2v) is 7.94. The van der Waals surface area contributed by atoms with Crippen molar-refractivity contribution in [3.05, 3.63) is 68.1 Å². The molecule has 1 aromatic heterocycles. The number of nitro benzene ring substituents is 1. The SMILES string of the molecule is Cc1cc(N=Nc2c(C)[nH]n(-c3cccc(S(N)(=O)=O)c3)c2=O)c(O)c([N+](=O)[O-])c1. The van der Waals surface area contributed by atoms with E-state index in [0.717, 1.165) is 4.68 Å². The molecule has 0 spiro atoms. The number of aromatic amines is 1. The van der Waals surface area contributed by atoms with Crippen molar-refractivity contribution in [1.82, 2.24) is 9.78 Å². The van der Waals surface area contributed by atoms with Crippen LogP contribution in [0.2, 0.25) is 0 Å². The Morgan fingerprint density at radius 3 is 2.53 bits per heavy atom. The van der Waals surface area contributed by atoms with Crippen LogP contribution < -0.4 is 10.7 Å². The summed E-state index contributed by atoms with van der Waals surface area (Å²) in [5, 5.41) is 36.5. The highest BCUT2D eigenvalue weighted by Crippen LogP contribution is 2.37. The molecule has 2 aromatic carbocycles. The zero-order chi connectivity index (χ0) is 22.2. The first kappa shape index (κ1) is 20.9. The summed E-state index contributed by atoms with van der Waals surface area (Å²) in [7, 11) is -3.97. The summed E-state index contributed by atoms with van der Waals surface area (Å²) in [5.41, 5.74) is -0.520. The summed E-state index contributed by atoms with van der Waals surface area (Å²) in [5.74, 6) is -0.677. The normalized spacial score (nSPS) is 11.8. The number of hydrogen-bond donors (Lipinski definition) is 3. The van der Waals surface area contributed by atoms with Crippen molar-refractivity contribution in [2.24, 2.45) is 15.4 Å². The molecule has 0 aliphatic rings. The van der Waals surface area contributed by atoms with E-state index in [1.807, 2.05) is 0 Å². The van der Waals surface area contributed by atoms with Gasteiger partial charge in [0, 0.05) is 6.07 Å². The molecule has 0 bridgehead atoms. The zero-order valence-corrected chi connectivity index (χ0v) is 16.5. The van der Waals surface area contributed by atoms with Gasteiger partial charge in [-0.2, -0.15) is 0 Å². The van der Waals surface area contributed by atoms with Gasteiger partial charge < -0.3 is 5.11 Å². The third-order valence-electron chi connectivity index (χ3n) is 4.11. The fraction of sp³-hybridized carbons (Fsp3) is 0.118. The van der Waals surface area contributed by atoms with Gasteiger partial charge in [0.05, 0.1) is 21.2 Å². The predicted octanol–water partition coefficient (Wildman–Crippen LogP) is 2.46. The third kappa shape index (κ3) is 3.97. The number of nitro groups is 1. The van der Waals surface area contributed by atoms with E-state index in [9.17, 15) is 28.4 Å². The number of nitrogens with one attached hydrogen (secondary N) is 1. The van der Waals surface area contributed by atoms with E-state index in [2.05, 4.69) is 15.3 Å². The molecule has 0 fully saturated rings. The largest absolute Gasteiger partial charge is 0.501 e. The van der Waals surface area contributed by atoms with E-state index in [4.69, 9.17) is 5.14 Å². The number of nitrogens with two attached hydrogens (primary N) is 1. The Kier molecular flexibility index (Phi) is 5.24. The lowest BCUT2D eigenvalue weighted by atomic mass is 10.2. The Bertz CT molecular complexity index is 1360. The van der Waals surface area contributed by atoms with Gasteiger partial charge in [-0.25, -0.2) is 18.2 Å². The summed E-state index contributed by atoms with van der Waals surface area (Å²) >= 11 is 0. The second kappa shape index (κ2) is 7.53. The Hall–Kier alpha value is -3.84. The molecule has 0 amide bonds. The van der Waals surface area contributed by atoms with Gasteiger partial charge >= 0.3 is 5.69 Å². The average Bonchev–Trinajstić information content (AvgIpc) is 2.95. The topological polar surface area (TPSA) is 186 Å². The highest BCUT2D eigenvalue weighted by Gasteiger charge is 2.19. The monoisotopic (exact) mass is 432 g/mol. The number of rotatable bonds is 5. The minimum atomic E-state index is -3.97. The Labute approximate surface area is 169 Å². The van der Waals surface area contributed by atoms with Crippen LogP contribution >= 0.6 is 0 Å². The number of aromatic nitrogens is 2. The quantitative estimate of drug-likeness (QED) is 0.315. The molecule has 1 heterocycles. The highest BCUT2D eigenvalue weighted by molar-refractivity contribution is 7.89. The maximum atomic E-state index is 12.7. The molecule has 0 unspecified atom stereocenters. The van der Waals surface area contributed by atoms with Gasteiger partial charge in [-0.1, -0.05) is 6.07 Å². The molecule has 0 radical (unpaired) electrons. The van der Waals surface area contributed by atoms with E-state index >= 15 is 0 Å². The van der Waals surface area contributed by atoms with Crippen LogP contribution in [0, 0.1) is 24.0 Å². The van der Waals surface area contributed by atoms with E-state index in [0.29, 0.717) is 11.3 Å². The van der Waals surface area contributed by atoms with Crippen molar-refractivity contribution < 1.29 is 18.4 Å². The van der Waals surface area contributed by atoms with Crippen molar-refractivity contribution in [3.8, 4) is 11.4 Å². The number of phenols is 1. The van der Waals surface area contributed by atoms with Gasteiger partial charge in [-0.05, 0) is 43.7 Å². The molecule has 4 N–H and O–H groups in total.